The van der Waals surface area contributed by atoms with Crippen molar-refractivity contribution in [3.05, 3.63) is 71.8 Å². The number of nitrogens with two attached hydrogens (primary N) is 1. The van der Waals surface area contributed by atoms with Crippen LogP contribution in [0.3, 0.4) is 0 Å². The van der Waals surface area contributed by atoms with Gasteiger partial charge in [0.1, 0.15) is 6.61 Å². The van der Waals surface area contributed by atoms with Gasteiger partial charge in [-0.25, -0.2) is 10.6 Å². The molecule has 4 N–H and O–H groups in total. The second-order valence-electron chi connectivity index (χ2n) is 4.69. The molecule has 0 aromatic heterocycles. The van der Waals surface area contributed by atoms with Gasteiger partial charge in [0.05, 0.1) is 12.0 Å². The van der Waals surface area contributed by atoms with Crippen molar-refractivity contribution in [3.63, 3.8) is 0 Å². The summed E-state index contributed by atoms with van der Waals surface area (Å²) in [7, 11) is 0. The van der Waals surface area contributed by atoms with Crippen LogP contribution in [0.5, 0.6) is 0 Å². The van der Waals surface area contributed by atoms with Crippen LogP contribution in [0.2, 0.25) is 0 Å². The Labute approximate surface area is 123 Å². The maximum Gasteiger partial charge on any atom is 0.421 e. The normalized spacial score (nSPS) is 11.0. The number of rotatable bonds is 5. The van der Waals surface area contributed by atoms with E-state index in [1.807, 2.05) is 66.1 Å². The molecule has 0 unspecified atom stereocenters. The summed E-state index contributed by atoms with van der Waals surface area (Å²) in [6, 6.07) is 18.9. The molecule has 0 saturated carbocycles. The zero-order valence-electron chi connectivity index (χ0n) is 11.5. The third-order valence-corrected chi connectivity index (χ3v) is 3.49. The summed E-state index contributed by atoms with van der Waals surface area (Å²) >= 11 is 0. The molecule has 21 heavy (non-hydrogen) atoms. The molecule has 2 rings (SSSR count). The predicted octanol–water partition coefficient (Wildman–Crippen LogP) is 1.56. The van der Waals surface area contributed by atoms with Gasteiger partial charge in [0, 0.05) is 0 Å². The molecule has 0 bridgehead atoms. The lowest BCUT2D eigenvalue weighted by Crippen LogP contribution is -2.41. The standard InChI is InChI=1S/C16H18N2O3/c17-18-15(20)21-12-16(11-19,13-7-3-1-4-8-13)14-9-5-2-6-10-14/h1-10,19H,11-12,17H2,(H,18,20). The molecule has 0 aliphatic rings. The van der Waals surface area contributed by atoms with Gasteiger partial charge in [-0.15, -0.1) is 0 Å². The summed E-state index contributed by atoms with van der Waals surface area (Å²) in [5.74, 6) is 5.03. The monoisotopic (exact) mass is 286 g/mol. The highest BCUT2D eigenvalue weighted by Crippen LogP contribution is 2.32. The third kappa shape index (κ3) is 3.21. The summed E-state index contributed by atoms with van der Waals surface area (Å²) in [6.45, 7) is -0.209. The van der Waals surface area contributed by atoms with Crippen molar-refractivity contribution in [1.29, 1.82) is 0 Å². The number of carbonyl (C=O) groups is 1. The average molecular weight is 286 g/mol. The average Bonchev–Trinajstić information content (AvgIpc) is 2.57. The van der Waals surface area contributed by atoms with Crippen molar-refractivity contribution in [1.82, 2.24) is 5.43 Å². The molecule has 0 aliphatic heterocycles. The van der Waals surface area contributed by atoms with Crippen molar-refractivity contribution in [3.8, 4) is 0 Å². The van der Waals surface area contributed by atoms with E-state index in [9.17, 15) is 9.90 Å². The molecule has 1 amide bonds. The zero-order valence-corrected chi connectivity index (χ0v) is 11.5. The van der Waals surface area contributed by atoms with E-state index in [0.717, 1.165) is 11.1 Å². The zero-order chi connectivity index (χ0) is 15.1. The number of hydrogen-bond donors (Lipinski definition) is 3. The van der Waals surface area contributed by atoms with E-state index < -0.39 is 11.5 Å². The van der Waals surface area contributed by atoms with Gasteiger partial charge >= 0.3 is 6.09 Å². The van der Waals surface area contributed by atoms with E-state index in [2.05, 4.69) is 0 Å². The molecule has 0 heterocycles. The highest BCUT2D eigenvalue weighted by atomic mass is 16.6. The van der Waals surface area contributed by atoms with Crippen LogP contribution in [0.15, 0.2) is 60.7 Å². The fraction of sp³-hybridized carbons (Fsp3) is 0.188. The Morgan fingerprint density at radius 3 is 1.90 bits per heavy atom. The number of hydrazine groups is 1. The first-order chi connectivity index (χ1) is 10.2. The highest BCUT2D eigenvalue weighted by molar-refractivity contribution is 5.66. The molecule has 0 saturated heterocycles. The maximum absolute atomic E-state index is 11.3. The molecule has 0 radical (unpaired) electrons. The summed E-state index contributed by atoms with van der Waals surface area (Å²) in [5, 5.41) is 10.0. The predicted molar refractivity (Wildman–Crippen MR) is 79.4 cm³/mol. The first kappa shape index (κ1) is 15.0. The summed E-state index contributed by atoms with van der Waals surface area (Å²) < 4.78 is 5.12. The molecule has 2 aromatic rings. The summed E-state index contributed by atoms with van der Waals surface area (Å²) in [5.41, 5.74) is 2.83. The van der Waals surface area contributed by atoms with Crippen molar-refractivity contribution in [2.45, 2.75) is 5.41 Å². The number of ether oxygens (including phenoxy) is 1. The molecule has 5 heteroatoms. The Morgan fingerprint density at radius 1 is 1.05 bits per heavy atom. The van der Waals surface area contributed by atoms with Crippen LogP contribution < -0.4 is 11.3 Å². The largest absolute Gasteiger partial charge is 0.447 e. The SMILES string of the molecule is NNC(=O)OCC(CO)(c1ccccc1)c1ccccc1. The lowest BCUT2D eigenvalue weighted by Gasteiger charge is -2.32. The number of amides is 1. The molecule has 0 atom stereocenters. The van der Waals surface area contributed by atoms with E-state index in [0.29, 0.717) is 0 Å². The Hall–Kier alpha value is -2.37. The minimum absolute atomic E-state index is 0.0133. The van der Waals surface area contributed by atoms with Crippen LogP contribution in [0, 0.1) is 0 Å². The molecule has 2 aromatic carbocycles. The molecule has 0 spiro atoms. The molecule has 110 valence electrons. The molecule has 0 aliphatic carbocycles. The first-order valence-electron chi connectivity index (χ1n) is 6.58. The second-order valence-corrected chi connectivity index (χ2v) is 4.69. The third-order valence-electron chi connectivity index (χ3n) is 3.49. The second kappa shape index (κ2) is 6.88. The Kier molecular flexibility index (Phi) is 4.92. The van der Waals surface area contributed by atoms with Gasteiger partial charge in [0.15, 0.2) is 0 Å². The van der Waals surface area contributed by atoms with Crippen LogP contribution >= 0.6 is 0 Å². The van der Waals surface area contributed by atoms with Crippen molar-refractivity contribution in [2.24, 2.45) is 5.84 Å². The first-order valence-corrected chi connectivity index (χ1v) is 6.58. The Bertz CT molecular complexity index is 533. The van der Waals surface area contributed by atoms with Crippen LogP contribution in [0.1, 0.15) is 11.1 Å². The van der Waals surface area contributed by atoms with E-state index in [4.69, 9.17) is 10.6 Å². The van der Waals surface area contributed by atoms with E-state index in [-0.39, 0.29) is 13.2 Å². The van der Waals surface area contributed by atoms with Gasteiger partial charge < -0.3 is 9.84 Å². The topological polar surface area (TPSA) is 84.6 Å². The lowest BCUT2D eigenvalue weighted by molar-refractivity contribution is 0.0996. The number of carbonyl (C=O) groups excluding carboxylic acids is 1. The number of hydrogen-bond acceptors (Lipinski definition) is 4. The minimum Gasteiger partial charge on any atom is -0.447 e. The van der Waals surface area contributed by atoms with Gasteiger partial charge in [-0.3, -0.25) is 5.43 Å². The smallest absolute Gasteiger partial charge is 0.421 e. The van der Waals surface area contributed by atoms with E-state index >= 15 is 0 Å². The molecule has 5 nitrogen and oxygen atoms in total. The lowest BCUT2D eigenvalue weighted by atomic mass is 9.76. The van der Waals surface area contributed by atoms with Crippen LogP contribution in [-0.4, -0.2) is 24.4 Å². The summed E-state index contributed by atoms with van der Waals surface area (Å²) in [4.78, 5) is 11.3. The quantitative estimate of drug-likeness (QED) is 0.442. The van der Waals surface area contributed by atoms with E-state index in [1.165, 1.54) is 0 Å². The minimum atomic E-state index is -0.824. The number of aliphatic hydroxyl groups excluding tert-OH is 1. The highest BCUT2D eigenvalue weighted by Gasteiger charge is 2.35. The number of nitrogens with one attached hydrogen (secondary N) is 1. The van der Waals surface area contributed by atoms with Gasteiger partial charge in [-0.2, -0.15) is 0 Å². The van der Waals surface area contributed by atoms with Gasteiger partial charge in [0.2, 0.25) is 0 Å². The number of benzene rings is 2. The van der Waals surface area contributed by atoms with Crippen molar-refractivity contribution in [2.75, 3.05) is 13.2 Å². The fourth-order valence-corrected chi connectivity index (χ4v) is 2.31. The van der Waals surface area contributed by atoms with E-state index in [1.54, 1.807) is 0 Å². The van der Waals surface area contributed by atoms with Crippen LogP contribution in [0.25, 0.3) is 0 Å². The van der Waals surface area contributed by atoms with Gasteiger partial charge in [0.25, 0.3) is 0 Å². The fourth-order valence-electron chi connectivity index (χ4n) is 2.31. The Morgan fingerprint density at radius 2 is 1.52 bits per heavy atom. The van der Waals surface area contributed by atoms with Crippen LogP contribution in [0.4, 0.5) is 4.79 Å². The van der Waals surface area contributed by atoms with Gasteiger partial charge in [-0.05, 0) is 11.1 Å². The van der Waals surface area contributed by atoms with Crippen molar-refractivity contribution >= 4 is 6.09 Å². The van der Waals surface area contributed by atoms with Crippen LogP contribution in [-0.2, 0) is 10.2 Å². The van der Waals surface area contributed by atoms with Gasteiger partial charge in [-0.1, -0.05) is 60.7 Å². The molecule has 0 fully saturated rings. The summed E-state index contributed by atoms with van der Waals surface area (Å²) in [6.07, 6.45) is -0.736. The van der Waals surface area contributed by atoms with Crippen molar-refractivity contribution < 1.29 is 14.6 Å². The number of aliphatic hydroxyl groups is 1. The molecular weight excluding hydrogens is 268 g/mol. The Balaban J connectivity index is 2.44. The maximum atomic E-state index is 11.3. The molecular formula is C16H18N2O3.